The van der Waals surface area contributed by atoms with Gasteiger partial charge in [-0.15, -0.1) is 5.10 Å². The lowest BCUT2D eigenvalue weighted by atomic mass is 9.90. The zero-order chi connectivity index (χ0) is 18.5. The summed E-state index contributed by atoms with van der Waals surface area (Å²) in [6.45, 7) is 2.18. The van der Waals surface area contributed by atoms with Crippen LogP contribution in [0, 0.1) is 5.82 Å². The molecule has 0 saturated carbocycles. The minimum atomic E-state index is -0.308. The first-order chi connectivity index (χ1) is 12.5. The maximum atomic E-state index is 13.2. The normalized spacial score (nSPS) is 19.8. The molecular formula is C19H21FN4O2. The number of amides is 2. The van der Waals surface area contributed by atoms with E-state index in [0.717, 1.165) is 18.4 Å². The highest BCUT2D eigenvalue weighted by Crippen LogP contribution is 2.22. The lowest BCUT2D eigenvalue weighted by Gasteiger charge is -2.41. The van der Waals surface area contributed by atoms with Crippen molar-refractivity contribution in [2.45, 2.75) is 38.3 Å². The van der Waals surface area contributed by atoms with E-state index in [1.54, 1.807) is 29.2 Å². The predicted octanol–water partition coefficient (Wildman–Crippen LogP) is 1.97. The summed E-state index contributed by atoms with van der Waals surface area (Å²) in [5.74, 6) is -0.638. The highest BCUT2D eigenvalue weighted by Gasteiger charge is 2.34. The Morgan fingerprint density at radius 3 is 2.69 bits per heavy atom. The van der Waals surface area contributed by atoms with E-state index in [2.05, 4.69) is 15.5 Å². The van der Waals surface area contributed by atoms with Crippen LogP contribution in [0.5, 0.6) is 0 Å². The summed E-state index contributed by atoms with van der Waals surface area (Å²) < 4.78 is 13.2. The molecule has 0 bridgehead atoms. The molecule has 1 fully saturated rings. The smallest absolute Gasteiger partial charge is 0.272 e. The van der Waals surface area contributed by atoms with Gasteiger partial charge in [-0.2, -0.15) is 5.10 Å². The number of piperidine rings is 1. The van der Waals surface area contributed by atoms with Gasteiger partial charge in [0.1, 0.15) is 5.82 Å². The summed E-state index contributed by atoms with van der Waals surface area (Å²) in [4.78, 5) is 26.3. The molecule has 2 atom stereocenters. The second-order valence-corrected chi connectivity index (χ2v) is 6.44. The molecule has 6 nitrogen and oxygen atoms in total. The van der Waals surface area contributed by atoms with E-state index in [0.29, 0.717) is 13.0 Å². The van der Waals surface area contributed by atoms with Gasteiger partial charge in [0.2, 0.25) is 5.91 Å². The van der Waals surface area contributed by atoms with Crippen LogP contribution in [0.4, 0.5) is 4.39 Å². The molecule has 0 radical (unpaired) electrons. The Hall–Kier alpha value is -2.83. The fourth-order valence-electron chi connectivity index (χ4n) is 3.40. The quantitative estimate of drug-likeness (QED) is 0.909. The van der Waals surface area contributed by atoms with E-state index in [1.807, 2.05) is 0 Å². The SMILES string of the molecule is CC(=O)N1CCC[C@H](NC(=O)c2cccnn2)[C@@H]1Cc1ccc(F)cc1. The Bertz CT molecular complexity index is 767. The fourth-order valence-corrected chi connectivity index (χ4v) is 3.40. The number of halogens is 1. The Labute approximate surface area is 151 Å². The number of hydrogen-bond acceptors (Lipinski definition) is 4. The van der Waals surface area contributed by atoms with Crippen molar-refractivity contribution in [3.05, 3.63) is 59.7 Å². The van der Waals surface area contributed by atoms with Crippen molar-refractivity contribution in [3.63, 3.8) is 0 Å². The summed E-state index contributed by atoms with van der Waals surface area (Å²) in [6.07, 6.45) is 3.63. The van der Waals surface area contributed by atoms with Crippen LogP contribution in [0.25, 0.3) is 0 Å². The van der Waals surface area contributed by atoms with Crippen LogP contribution in [0.2, 0.25) is 0 Å². The largest absolute Gasteiger partial charge is 0.346 e. The molecule has 136 valence electrons. The van der Waals surface area contributed by atoms with Gasteiger partial charge in [-0.1, -0.05) is 12.1 Å². The number of likely N-dealkylation sites (tertiary alicyclic amines) is 1. The molecule has 2 amide bonds. The van der Waals surface area contributed by atoms with Gasteiger partial charge in [-0.3, -0.25) is 9.59 Å². The van der Waals surface area contributed by atoms with E-state index >= 15 is 0 Å². The monoisotopic (exact) mass is 356 g/mol. The lowest BCUT2D eigenvalue weighted by Crippen LogP contribution is -2.57. The van der Waals surface area contributed by atoms with Crippen molar-refractivity contribution in [1.29, 1.82) is 0 Å². The summed E-state index contributed by atoms with van der Waals surface area (Å²) in [7, 11) is 0. The molecule has 1 aromatic heterocycles. The van der Waals surface area contributed by atoms with E-state index in [9.17, 15) is 14.0 Å². The average Bonchev–Trinajstić information content (AvgIpc) is 2.65. The standard InChI is InChI=1S/C19H21FN4O2/c1-13(25)24-11-3-5-16(22-19(26)17-4-2-10-21-23-17)18(24)12-14-6-8-15(20)9-7-14/h2,4,6-10,16,18H,3,5,11-12H2,1H3,(H,22,26)/t16-,18-/m0/s1. The third-order valence-electron chi connectivity index (χ3n) is 4.66. The molecule has 1 aliphatic rings. The van der Waals surface area contributed by atoms with Gasteiger partial charge in [0, 0.05) is 19.7 Å². The topological polar surface area (TPSA) is 75.2 Å². The molecule has 2 heterocycles. The predicted molar refractivity (Wildman–Crippen MR) is 93.8 cm³/mol. The summed E-state index contributed by atoms with van der Waals surface area (Å²) in [6, 6.07) is 9.10. The lowest BCUT2D eigenvalue weighted by molar-refractivity contribution is -0.133. The zero-order valence-corrected chi connectivity index (χ0v) is 14.6. The molecule has 0 unspecified atom stereocenters. The van der Waals surface area contributed by atoms with Crippen molar-refractivity contribution in [3.8, 4) is 0 Å². The van der Waals surface area contributed by atoms with Crippen LogP contribution in [-0.2, 0) is 11.2 Å². The first-order valence-electron chi connectivity index (χ1n) is 8.65. The minimum Gasteiger partial charge on any atom is -0.346 e. The number of rotatable bonds is 4. The van der Waals surface area contributed by atoms with Gasteiger partial charge in [0.15, 0.2) is 5.69 Å². The number of hydrogen-bond donors (Lipinski definition) is 1. The number of nitrogens with one attached hydrogen (secondary N) is 1. The minimum absolute atomic E-state index is 0.0319. The molecule has 2 aromatic rings. The molecule has 1 saturated heterocycles. The number of carbonyl (C=O) groups excluding carboxylic acids is 2. The van der Waals surface area contributed by atoms with Crippen molar-refractivity contribution in [1.82, 2.24) is 20.4 Å². The third kappa shape index (κ3) is 4.22. The molecule has 1 aliphatic heterocycles. The van der Waals surface area contributed by atoms with Gasteiger partial charge in [-0.05, 0) is 49.1 Å². The fraction of sp³-hybridized carbons (Fsp3) is 0.368. The molecule has 3 rings (SSSR count). The number of aromatic nitrogens is 2. The van der Waals surface area contributed by atoms with E-state index in [-0.39, 0.29) is 35.4 Å². The second kappa shape index (κ2) is 8.03. The Balaban J connectivity index is 1.79. The van der Waals surface area contributed by atoms with Crippen LogP contribution in [-0.4, -0.2) is 45.5 Å². The second-order valence-electron chi connectivity index (χ2n) is 6.44. The number of nitrogens with zero attached hydrogens (tertiary/aromatic N) is 3. The highest BCUT2D eigenvalue weighted by atomic mass is 19.1. The van der Waals surface area contributed by atoms with Crippen molar-refractivity contribution in [2.75, 3.05) is 6.54 Å². The van der Waals surface area contributed by atoms with Gasteiger partial charge in [0.25, 0.3) is 5.91 Å². The van der Waals surface area contributed by atoms with E-state index in [1.165, 1.54) is 25.3 Å². The Kier molecular flexibility index (Phi) is 5.55. The number of carbonyl (C=O) groups is 2. The maximum absolute atomic E-state index is 13.2. The van der Waals surface area contributed by atoms with Crippen molar-refractivity contribution < 1.29 is 14.0 Å². The average molecular weight is 356 g/mol. The first kappa shape index (κ1) is 18.0. The van der Waals surface area contributed by atoms with Gasteiger partial charge in [-0.25, -0.2) is 4.39 Å². The maximum Gasteiger partial charge on any atom is 0.272 e. The molecule has 7 heteroatoms. The Morgan fingerprint density at radius 1 is 1.27 bits per heavy atom. The van der Waals surface area contributed by atoms with E-state index in [4.69, 9.17) is 0 Å². The number of benzene rings is 1. The van der Waals surface area contributed by atoms with Crippen LogP contribution in [0.15, 0.2) is 42.6 Å². The van der Waals surface area contributed by atoms with Gasteiger partial charge < -0.3 is 10.2 Å². The summed E-state index contributed by atoms with van der Waals surface area (Å²) >= 11 is 0. The van der Waals surface area contributed by atoms with E-state index < -0.39 is 0 Å². The molecule has 0 aliphatic carbocycles. The summed E-state index contributed by atoms with van der Waals surface area (Å²) in [5.41, 5.74) is 1.16. The zero-order valence-electron chi connectivity index (χ0n) is 14.6. The van der Waals surface area contributed by atoms with Gasteiger partial charge in [0.05, 0.1) is 12.1 Å². The highest BCUT2D eigenvalue weighted by molar-refractivity contribution is 5.92. The van der Waals surface area contributed by atoms with Crippen LogP contribution >= 0.6 is 0 Å². The first-order valence-corrected chi connectivity index (χ1v) is 8.65. The molecule has 1 N–H and O–H groups in total. The summed E-state index contributed by atoms with van der Waals surface area (Å²) in [5, 5.41) is 10.6. The van der Waals surface area contributed by atoms with Crippen LogP contribution in [0.1, 0.15) is 35.8 Å². The van der Waals surface area contributed by atoms with Crippen LogP contribution < -0.4 is 5.32 Å². The van der Waals surface area contributed by atoms with Crippen LogP contribution in [0.3, 0.4) is 0 Å². The van der Waals surface area contributed by atoms with Crippen molar-refractivity contribution in [2.24, 2.45) is 0 Å². The third-order valence-corrected chi connectivity index (χ3v) is 4.66. The molecule has 26 heavy (non-hydrogen) atoms. The van der Waals surface area contributed by atoms with Crippen molar-refractivity contribution >= 4 is 11.8 Å². The van der Waals surface area contributed by atoms with Gasteiger partial charge >= 0.3 is 0 Å². The molecule has 1 aromatic carbocycles. The Morgan fingerprint density at radius 2 is 2.04 bits per heavy atom. The molecule has 0 spiro atoms. The molecular weight excluding hydrogens is 335 g/mol.